The quantitative estimate of drug-likeness (QED) is 0.926. The summed E-state index contributed by atoms with van der Waals surface area (Å²) in [4.78, 5) is 13.8. The van der Waals surface area contributed by atoms with Gasteiger partial charge in [0.2, 0.25) is 0 Å². The second kappa shape index (κ2) is 5.44. The minimum absolute atomic E-state index is 0.00492. The zero-order valence-electron chi connectivity index (χ0n) is 13.8. The van der Waals surface area contributed by atoms with Crippen LogP contribution in [0.2, 0.25) is 0 Å². The largest absolute Gasteiger partial charge is 0.481 e. The van der Waals surface area contributed by atoms with E-state index in [9.17, 15) is 9.90 Å². The summed E-state index contributed by atoms with van der Waals surface area (Å²) in [5.74, 6) is -0.658. The van der Waals surface area contributed by atoms with Crippen molar-refractivity contribution in [3.63, 3.8) is 0 Å². The van der Waals surface area contributed by atoms with Gasteiger partial charge in [-0.05, 0) is 19.4 Å². The normalized spacial score (nSPS) is 23.7. The molecule has 0 aliphatic carbocycles. The van der Waals surface area contributed by atoms with Gasteiger partial charge in [0.1, 0.15) is 0 Å². The molecule has 1 unspecified atom stereocenters. The van der Waals surface area contributed by atoms with Gasteiger partial charge in [0.15, 0.2) is 0 Å². The molecule has 1 aliphatic rings. The summed E-state index contributed by atoms with van der Waals surface area (Å²) in [5, 5.41) is 14.1. The Balaban J connectivity index is 2.16. The van der Waals surface area contributed by atoms with Crippen LogP contribution in [0.4, 0.5) is 0 Å². The average molecular weight is 293 g/mol. The third-order valence-corrected chi connectivity index (χ3v) is 4.57. The van der Waals surface area contributed by atoms with Gasteiger partial charge in [-0.15, -0.1) is 0 Å². The second-order valence-corrected chi connectivity index (χ2v) is 7.33. The molecule has 5 nitrogen and oxygen atoms in total. The van der Waals surface area contributed by atoms with Crippen LogP contribution in [0.25, 0.3) is 0 Å². The van der Waals surface area contributed by atoms with Gasteiger partial charge in [-0.1, -0.05) is 27.7 Å². The lowest BCUT2D eigenvalue weighted by atomic mass is 9.84. The molecule has 0 aromatic carbocycles. The smallest absolute Gasteiger partial charge is 0.310 e. The maximum absolute atomic E-state index is 11.5. The molecule has 1 atom stereocenters. The van der Waals surface area contributed by atoms with Crippen molar-refractivity contribution in [2.75, 3.05) is 13.1 Å². The van der Waals surface area contributed by atoms with Crippen molar-refractivity contribution in [1.82, 2.24) is 14.7 Å². The highest BCUT2D eigenvalue weighted by Crippen LogP contribution is 2.35. The van der Waals surface area contributed by atoms with Crippen molar-refractivity contribution in [3.05, 3.63) is 17.5 Å². The van der Waals surface area contributed by atoms with Crippen LogP contribution in [0, 0.1) is 5.41 Å². The topological polar surface area (TPSA) is 58.4 Å². The van der Waals surface area contributed by atoms with E-state index in [1.54, 1.807) is 0 Å². The van der Waals surface area contributed by atoms with Gasteiger partial charge < -0.3 is 5.11 Å². The molecule has 1 saturated heterocycles. The van der Waals surface area contributed by atoms with Crippen molar-refractivity contribution in [2.45, 2.75) is 52.5 Å². The standard InChI is InChI=1S/C16H27N3O2/c1-6-16(14(20)21)7-8-19(11-16)10-12-9-18(5)17-13(12)15(2,3)4/h9H,6-8,10-11H2,1-5H3,(H,20,21). The molecule has 1 fully saturated rings. The first-order valence-corrected chi connectivity index (χ1v) is 7.67. The van der Waals surface area contributed by atoms with Crippen LogP contribution in [-0.2, 0) is 23.8 Å². The van der Waals surface area contributed by atoms with E-state index in [4.69, 9.17) is 0 Å². The summed E-state index contributed by atoms with van der Waals surface area (Å²) in [6, 6.07) is 0. The zero-order chi connectivity index (χ0) is 15.8. The molecule has 1 aromatic heterocycles. The number of carbonyl (C=O) groups is 1. The Morgan fingerprint density at radius 2 is 2.14 bits per heavy atom. The molecule has 0 bridgehead atoms. The number of hydrogen-bond acceptors (Lipinski definition) is 3. The number of nitrogens with zero attached hydrogens (tertiary/aromatic N) is 3. The summed E-state index contributed by atoms with van der Waals surface area (Å²) in [6.45, 7) is 10.7. The van der Waals surface area contributed by atoms with E-state index >= 15 is 0 Å². The van der Waals surface area contributed by atoms with E-state index in [2.05, 4.69) is 37.0 Å². The van der Waals surface area contributed by atoms with E-state index in [1.807, 2.05) is 18.7 Å². The summed E-state index contributed by atoms with van der Waals surface area (Å²) < 4.78 is 1.86. The molecular weight excluding hydrogens is 266 g/mol. The summed E-state index contributed by atoms with van der Waals surface area (Å²) in [6.07, 6.45) is 3.50. The Bertz CT molecular complexity index is 530. The molecule has 2 rings (SSSR count). The number of aromatic nitrogens is 2. The van der Waals surface area contributed by atoms with Gasteiger partial charge in [0.25, 0.3) is 0 Å². The fourth-order valence-electron chi connectivity index (χ4n) is 3.23. The Hall–Kier alpha value is -1.36. The minimum atomic E-state index is -0.658. The van der Waals surface area contributed by atoms with Gasteiger partial charge in [0.05, 0.1) is 11.1 Å². The van der Waals surface area contributed by atoms with E-state index < -0.39 is 11.4 Å². The number of aryl methyl sites for hydroxylation is 1. The predicted molar refractivity (Wildman–Crippen MR) is 82.2 cm³/mol. The van der Waals surface area contributed by atoms with E-state index in [0.29, 0.717) is 13.0 Å². The Morgan fingerprint density at radius 3 is 2.62 bits per heavy atom. The third-order valence-electron chi connectivity index (χ3n) is 4.57. The molecule has 1 aromatic rings. The van der Waals surface area contributed by atoms with Gasteiger partial charge in [-0.2, -0.15) is 5.10 Å². The van der Waals surface area contributed by atoms with Crippen LogP contribution >= 0.6 is 0 Å². The highest BCUT2D eigenvalue weighted by Gasteiger charge is 2.43. The highest BCUT2D eigenvalue weighted by atomic mass is 16.4. The van der Waals surface area contributed by atoms with Crippen LogP contribution in [0.1, 0.15) is 51.8 Å². The highest BCUT2D eigenvalue weighted by molar-refractivity contribution is 5.75. The van der Waals surface area contributed by atoms with E-state index in [0.717, 1.165) is 25.2 Å². The molecule has 0 radical (unpaired) electrons. The van der Waals surface area contributed by atoms with Gasteiger partial charge in [-0.3, -0.25) is 14.4 Å². The van der Waals surface area contributed by atoms with E-state index in [1.165, 1.54) is 5.56 Å². The molecule has 118 valence electrons. The van der Waals surface area contributed by atoms with Crippen LogP contribution in [0.5, 0.6) is 0 Å². The molecule has 1 aliphatic heterocycles. The fourth-order valence-corrected chi connectivity index (χ4v) is 3.23. The number of rotatable bonds is 4. The van der Waals surface area contributed by atoms with Crippen molar-refractivity contribution in [3.8, 4) is 0 Å². The average Bonchev–Trinajstić information content (AvgIpc) is 2.94. The van der Waals surface area contributed by atoms with Crippen LogP contribution in [0.15, 0.2) is 6.20 Å². The van der Waals surface area contributed by atoms with Crippen LogP contribution in [-0.4, -0.2) is 38.8 Å². The summed E-state index contributed by atoms with van der Waals surface area (Å²) >= 11 is 0. The van der Waals surface area contributed by atoms with Gasteiger partial charge in [-0.25, -0.2) is 0 Å². The number of aliphatic carboxylic acids is 1. The Morgan fingerprint density at radius 1 is 1.48 bits per heavy atom. The van der Waals surface area contributed by atoms with Crippen molar-refractivity contribution >= 4 is 5.97 Å². The Labute approximate surface area is 126 Å². The van der Waals surface area contributed by atoms with Crippen LogP contribution < -0.4 is 0 Å². The maximum atomic E-state index is 11.5. The summed E-state index contributed by atoms with van der Waals surface area (Å²) in [7, 11) is 1.94. The molecule has 5 heteroatoms. The third kappa shape index (κ3) is 3.12. The molecule has 0 amide bonds. The first-order chi connectivity index (χ1) is 9.68. The molecule has 0 spiro atoms. The van der Waals surface area contributed by atoms with Gasteiger partial charge >= 0.3 is 5.97 Å². The van der Waals surface area contributed by atoms with Crippen molar-refractivity contribution in [2.24, 2.45) is 12.5 Å². The number of carboxylic acid groups (broad SMARTS) is 1. The first kappa shape index (κ1) is 16.0. The van der Waals surface area contributed by atoms with Gasteiger partial charge in [0, 0.05) is 37.3 Å². The van der Waals surface area contributed by atoms with E-state index in [-0.39, 0.29) is 5.41 Å². The lowest BCUT2D eigenvalue weighted by Gasteiger charge is -2.24. The SMILES string of the molecule is CCC1(C(=O)O)CCN(Cc2cn(C)nc2C(C)(C)C)C1. The maximum Gasteiger partial charge on any atom is 0.310 e. The monoisotopic (exact) mass is 293 g/mol. The van der Waals surface area contributed by atoms with Crippen molar-refractivity contribution < 1.29 is 9.90 Å². The molecular formula is C16H27N3O2. The number of hydrogen-bond donors (Lipinski definition) is 1. The predicted octanol–water partition coefficient (Wildman–Crippen LogP) is 2.40. The molecule has 1 N–H and O–H groups in total. The Kier molecular flexibility index (Phi) is 4.15. The minimum Gasteiger partial charge on any atom is -0.481 e. The molecule has 21 heavy (non-hydrogen) atoms. The fraction of sp³-hybridized carbons (Fsp3) is 0.750. The first-order valence-electron chi connectivity index (χ1n) is 7.67. The summed E-state index contributed by atoms with van der Waals surface area (Å²) in [5.41, 5.74) is 1.76. The molecule has 2 heterocycles. The number of carboxylic acids is 1. The lowest BCUT2D eigenvalue weighted by molar-refractivity contribution is -0.148. The zero-order valence-corrected chi connectivity index (χ0v) is 13.8. The molecule has 0 saturated carbocycles. The number of likely N-dealkylation sites (tertiary alicyclic amines) is 1. The second-order valence-electron chi connectivity index (χ2n) is 7.33. The van der Waals surface area contributed by atoms with Crippen LogP contribution in [0.3, 0.4) is 0 Å². The lowest BCUT2D eigenvalue weighted by Crippen LogP contribution is -2.34. The van der Waals surface area contributed by atoms with Crippen molar-refractivity contribution in [1.29, 1.82) is 0 Å².